The zero-order valence-corrected chi connectivity index (χ0v) is 14.9. The molecule has 2 heterocycles. The molecule has 0 radical (unpaired) electrons. The summed E-state index contributed by atoms with van der Waals surface area (Å²) < 4.78 is 11.1. The second-order valence-corrected chi connectivity index (χ2v) is 6.49. The van der Waals surface area contributed by atoms with E-state index < -0.39 is 0 Å². The summed E-state index contributed by atoms with van der Waals surface area (Å²) in [5.74, 6) is 1.49. The van der Waals surface area contributed by atoms with E-state index in [0.717, 1.165) is 5.56 Å². The Bertz CT molecular complexity index is 988. The van der Waals surface area contributed by atoms with E-state index in [4.69, 9.17) is 32.4 Å². The Morgan fingerprint density at radius 1 is 1.23 bits per heavy atom. The monoisotopic (exact) mass is 389 g/mol. The maximum absolute atomic E-state index is 11.3. The first-order chi connectivity index (χ1) is 12.6. The second-order valence-electron chi connectivity index (χ2n) is 5.65. The van der Waals surface area contributed by atoms with Gasteiger partial charge in [0.2, 0.25) is 5.89 Å². The van der Waals surface area contributed by atoms with Gasteiger partial charge in [-0.05, 0) is 18.2 Å². The van der Waals surface area contributed by atoms with Gasteiger partial charge in [-0.15, -0.1) is 0 Å². The lowest BCUT2D eigenvalue weighted by Gasteiger charge is -2.19. The second kappa shape index (κ2) is 6.90. The molecular weight excluding hydrogens is 377 g/mol. The summed E-state index contributed by atoms with van der Waals surface area (Å²) in [6, 6.07) is 10.7. The van der Waals surface area contributed by atoms with Gasteiger partial charge in [-0.3, -0.25) is 4.79 Å². The molecule has 1 aliphatic rings. The van der Waals surface area contributed by atoms with Crippen molar-refractivity contribution in [1.82, 2.24) is 4.98 Å². The maximum Gasteiger partial charge on any atom is 0.262 e. The molecule has 8 heteroatoms. The molecule has 1 aliphatic heterocycles. The molecule has 0 bridgehead atoms. The van der Waals surface area contributed by atoms with Crippen molar-refractivity contribution < 1.29 is 13.9 Å². The SMILES string of the molecule is O=C1COc2cc(NCc3ncc(-c4cccc(Cl)c4)o3)c(Cl)cc2N1. The summed E-state index contributed by atoms with van der Waals surface area (Å²) in [6.45, 7) is 0.322. The Hall–Kier alpha value is -2.70. The highest BCUT2D eigenvalue weighted by Gasteiger charge is 2.18. The van der Waals surface area contributed by atoms with Crippen molar-refractivity contribution in [2.75, 3.05) is 17.2 Å². The van der Waals surface area contributed by atoms with Crippen LogP contribution in [-0.4, -0.2) is 17.5 Å². The van der Waals surface area contributed by atoms with Gasteiger partial charge in [-0.1, -0.05) is 35.3 Å². The van der Waals surface area contributed by atoms with Crippen LogP contribution < -0.4 is 15.4 Å². The van der Waals surface area contributed by atoms with E-state index in [1.165, 1.54) is 0 Å². The van der Waals surface area contributed by atoms with E-state index in [-0.39, 0.29) is 12.5 Å². The molecule has 1 aromatic heterocycles. The van der Waals surface area contributed by atoms with Crippen LogP contribution in [0, 0.1) is 0 Å². The first-order valence-electron chi connectivity index (χ1n) is 7.79. The molecule has 0 fully saturated rings. The van der Waals surface area contributed by atoms with E-state index >= 15 is 0 Å². The molecule has 2 N–H and O–H groups in total. The predicted octanol–water partition coefficient (Wildman–Crippen LogP) is 4.59. The van der Waals surface area contributed by atoms with E-state index in [1.807, 2.05) is 18.2 Å². The molecule has 26 heavy (non-hydrogen) atoms. The molecule has 0 spiro atoms. The normalized spacial score (nSPS) is 12.9. The van der Waals surface area contributed by atoms with Crippen LogP contribution in [0.4, 0.5) is 11.4 Å². The van der Waals surface area contributed by atoms with Crippen LogP contribution in [0.3, 0.4) is 0 Å². The molecule has 0 unspecified atom stereocenters. The van der Waals surface area contributed by atoms with Gasteiger partial charge in [-0.2, -0.15) is 0 Å². The zero-order chi connectivity index (χ0) is 18.1. The highest BCUT2D eigenvalue weighted by Crippen LogP contribution is 2.36. The van der Waals surface area contributed by atoms with Crippen molar-refractivity contribution in [3.63, 3.8) is 0 Å². The molecule has 2 aromatic carbocycles. The number of amides is 1. The Kier molecular flexibility index (Phi) is 4.44. The molecular formula is C18H13Cl2N3O3. The molecule has 0 saturated carbocycles. The van der Waals surface area contributed by atoms with E-state index in [0.29, 0.717) is 45.4 Å². The Morgan fingerprint density at radius 2 is 2.12 bits per heavy atom. The number of rotatable bonds is 4. The molecule has 0 atom stereocenters. The molecule has 3 aromatic rings. The number of hydrogen-bond acceptors (Lipinski definition) is 5. The maximum atomic E-state index is 11.3. The van der Waals surface area contributed by atoms with Gasteiger partial charge in [0, 0.05) is 16.7 Å². The number of ether oxygens (including phenoxy) is 1. The Morgan fingerprint density at radius 3 is 2.96 bits per heavy atom. The number of anilines is 2. The lowest BCUT2D eigenvalue weighted by Crippen LogP contribution is -2.25. The number of fused-ring (bicyclic) bond motifs is 1. The van der Waals surface area contributed by atoms with Gasteiger partial charge in [0.15, 0.2) is 12.4 Å². The summed E-state index contributed by atoms with van der Waals surface area (Å²) in [4.78, 5) is 15.6. The van der Waals surface area contributed by atoms with Gasteiger partial charge in [0.25, 0.3) is 5.91 Å². The first kappa shape index (κ1) is 16.8. The third-order valence-corrected chi connectivity index (χ3v) is 4.34. The lowest BCUT2D eigenvalue weighted by molar-refractivity contribution is -0.118. The molecule has 132 valence electrons. The first-order valence-corrected chi connectivity index (χ1v) is 8.55. The van der Waals surface area contributed by atoms with Crippen LogP contribution in [-0.2, 0) is 11.3 Å². The number of halogens is 2. The van der Waals surface area contributed by atoms with E-state index in [1.54, 1.807) is 24.4 Å². The number of aromatic nitrogens is 1. The number of carbonyl (C=O) groups excluding carboxylic acids is 1. The Labute approximate surface area is 159 Å². The highest BCUT2D eigenvalue weighted by atomic mass is 35.5. The van der Waals surface area contributed by atoms with Crippen LogP contribution in [0.15, 0.2) is 47.0 Å². The summed E-state index contributed by atoms with van der Waals surface area (Å²) in [5, 5.41) is 6.96. The predicted molar refractivity (Wildman–Crippen MR) is 99.9 cm³/mol. The summed E-state index contributed by atoms with van der Waals surface area (Å²) in [5.41, 5.74) is 2.06. The minimum Gasteiger partial charge on any atom is -0.482 e. The van der Waals surface area contributed by atoms with Crippen LogP contribution in [0.5, 0.6) is 5.75 Å². The minimum atomic E-state index is -0.206. The largest absolute Gasteiger partial charge is 0.482 e. The van der Waals surface area contributed by atoms with Crippen molar-refractivity contribution in [2.45, 2.75) is 6.54 Å². The van der Waals surface area contributed by atoms with Gasteiger partial charge in [0.05, 0.1) is 29.1 Å². The fourth-order valence-corrected chi connectivity index (χ4v) is 2.99. The quantitative estimate of drug-likeness (QED) is 0.682. The van der Waals surface area contributed by atoms with Crippen LogP contribution in [0.25, 0.3) is 11.3 Å². The van der Waals surface area contributed by atoms with Gasteiger partial charge in [0.1, 0.15) is 5.75 Å². The summed E-state index contributed by atoms with van der Waals surface area (Å²) >= 11 is 12.3. The minimum absolute atomic E-state index is 0.0171. The fraction of sp³-hybridized carbons (Fsp3) is 0.111. The molecule has 4 rings (SSSR count). The molecule has 0 saturated heterocycles. The average molecular weight is 390 g/mol. The lowest BCUT2D eigenvalue weighted by atomic mass is 10.2. The van der Waals surface area contributed by atoms with Crippen molar-refractivity contribution in [1.29, 1.82) is 0 Å². The van der Waals surface area contributed by atoms with Crippen LogP contribution in [0.1, 0.15) is 5.89 Å². The molecule has 1 amide bonds. The number of benzene rings is 2. The average Bonchev–Trinajstić information content (AvgIpc) is 3.09. The van der Waals surface area contributed by atoms with E-state index in [9.17, 15) is 4.79 Å². The van der Waals surface area contributed by atoms with Crippen molar-refractivity contribution in [3.8, 4) is 17.1 Å². The number of nitrogens with one attached hydrogen (secondary N) is 2. The number of oxazole rings is 1. The third-order valence-electron chi connectivity index (χ3n) is 3.79. The zero-order valence-electron chi connectivity index (χ0n) is 13.4. The summed E-state index contributed by atoms with van der Waals surface area (Å²) in [7, 11) is 0. The fourth-order valence-electron chi connectivity index (χ4n) is 2.57. The van der Waals surface area contributed by atoms with E-state index in [2.05, 4.69) is 15.6 Å². The standard InChI is InChI=1S/C18H13Cl2N3O3/c19-11-3-1-2-10(4-11)16-7-22-18(26-16)8-21-13-6-15-14(5-12(13)20)23-17(24)9-25-15/h1-7,21H,8-9H2,(H,23,24). The molecule has 0 aliphatic carbocycles. The van der Waals surface area contributed by atoms with Crippen LogP contribution >= 0.6 is 23.2 Å². The number of nitrogens with zero attached hydrogens (tertiary/aromatic N) is 1. The van der Waals surface area contributed by atoms with Crippen molar-refractivity contribution in [3.05, 3.63) is 58.5 Å². The Balaban J connectivity index is 1.49. The van der Waals surface area contributed by atoms with Gasteiger partial charge >= 0.3 is 0 Å². The highest BCUT2D eigenvalue weighted by molar-refractivity contribution is 6.33. The van der Waals surface area contributed by atoms with Gasteiger partial charge < -0.3 is 19.8 Å². The topological polar surface area (TPSA) is 76.4 Å². The smallest absolute Gasteiger partial charge is 0.262 e. The van der Waals surface area contributed by atoms with Crippen molar-refractivity contribution >= 4 is 40.5 Å². The van der Waals surface area contributed by atoms with Crippen molar-refractivity contribution in [2.24, 2.45) is 0 Å². The molecule has 6 nitrogen and oxygen atoms in total. The summed E-state index contributed by atoms with van der Waals surface area (Å²) in [6.07, 6.45) is 1.65. The number of hydrogen-bond donors (Lipinski definition) is 2. The van der Waals surface area contributed by atoms with Gasteiger partial charge in [-0.25, -0.2) is 4.98 Å². The third kappa shape index (κ3) is 3.47. The number of carbonyl (C=O) groups is 1. The van der Waals surface area contributed by atoms with Crippen LogP contribution in [0.2, 0.25) is 10.0 Å².